The third-order valence-electron chi connectivity index (χ3n) is 16.0. The fraction of sp³-hybridized carbons (Fsp3) is 0.365. The van der Waals surface area contributed by atoms with E-state index in [4.69, 9.17) is 30.5 Å². The molecule has 2 fully saturated rings. The van der Waals surface area contributed by atoms with Gasteiger partial charge >= 0.3 is 0 Å². The Labute approximate surface area is 528 Å². The molecular weight excluding hydrogens is 1220 g/mol. The number of H-pyrrole nitrogens is 1. The van der Waals surface area contributed by atoms with Crippen molar-refractivity contribution in [1.29, 1.82) is 0 Å². The first-order valence-electron chi connectivity index (χ1n) is 29.7. The van der Waals surface area contributed by atoms with E-state index in [1.807, 2.05) is 18.2 Å². The van der Waals surface area contributed by atoms with Crippen LogP contribution in [0.2, 0.25) is 5.02 Å². The molecule has 91 heavy (non-hydrogen) atoms. The zero-order chi connectivity index (χ0) is 64.4. The maximum atomic E-state index is 14.1. The molecule has 0 spiro atoms. The Balaban J connectivity index is 0.651. The van der Waals surface area contributed by atoms with E-state index in [0.717, 1.165) is 67.0 Å². The molecular formula is C63H68ClN11O15S. The first-order chi connectivity index (χ1) is 43.7. The van der Waals surface area contributed by atoms with Gasteiger partial charge in [-0.3, -0.25) is 58.8 Å². The number of hydrogen-bond donors (Lipinski definition) is 6. The van der Waals surface area contributed by atoms with Crippen LogP contribution >= 0.6 is 11.6 Å². The Bertz CT molecular complexity index is 3940. The van der Waals surface area contributed by atoms with Gasteiger partial charge < -0.3 is 44.8 Å². The predicted octanol–water partition coefficient (Wildman–Crippen LogP) is 6.37. The highest BCUT2D eigenvalue weighted by Crippen LogP contribution is 2.44. The number of fused-ring (bicyclic) bond motifs is 2. The van der Waals surface area contributed by atoms with Crippen LogP contribution in [0.1, 0.15) is 89.0 Å². The number of nitrogens with zero attached hydrogens (tertiary/aromatic N) is 5. The van der Waals surface area contributed by atoms with Crippen LogP contribution in [-0.2, 0) is 38.7 Å². The van der Waals surface area contributed by atoms with Gasteiger partial charge in [-0.2, -0.15) is 0 Å². The first-order valence-corrected chi connectivity index (χ1v) is 31.5. The summed E-state index contributed by atoms with van der Waals surface area (Å²) in [7, 11) is -4.69. The van der Waals surface area contributed by atoms with Gasteiger partial charge in [0, 0.05) is 99.6 Å². The molecule has 28 heteroatoms. The molecule has 2 aromatic heterocycles. The summed E-state index contributed by atoms with van der Waals surface area (Å²) >= 11 is 6.26. The summed E-state index contributed by atoms with van der Waals surface area (Å²) in [6.07, 6.45) is 6.18. The lowest BCUT2D eigenvalue weighted by atomic mass is 9.72. The van der Waals surface area contributed by atoms with Crippen LogP contribution in [0.5, 0.6) is 17.2 Å². The quantitative estimate of drug-likeness (QED) is 0.0141. The molecule has 6 aromatic rings. The predicted molar refractivity (Wildman–Crippen MR) is 334 cm³/mol. The molecule has 0 saturated carbocycles. The molecule has 10 rings (SSSR count). The third kappa shape index (κ3) is 16.0. The number of halogens is 1. The standard InChI is InChI=1S/C63H68ClN11O15S/c1-63(2)19-16-41(48(35-63)39-6-8-42(64)9-7-39)37-72-24-26-73(27-25-72)43-10-12-46(53(33-43)90-44-32-40-17-20-68-58(40)69-36-44)59(79)71-91(85,86)45-11-13-49(51(34-45)75(83)84)65-22-28-87-30-31-88-29-23-67-54(76)18-21-66-56(78)38-89-52-5-3-4-47-57(52)62(82)74(61(47)81)50-14-15-55(77)70-60(50)80/h3-13,17,20,32-34,36,50,65H,14-16,18-19,21-31,35,37-38H2,1-2H3,(H,66,78)(H,67,76)(H,68,69)(H,71,79)(H,70,77,80). The third-order valence-corrected chi connectivity index (χ3v) is 17.6. The number of ether oxygens (including phenoxy) is 4. The van der Waals surface area contributed by atoms with E-state index < -0.39 is 73.6 Å². The maximum absolute atomic E-state index is 14.1. The molecule has 0 bridgehead atoms. The Morgan fingerprint density at radius 2 is 1.59 bits per heavy atom. The zero-order valence-corrected chi connectivity index (χ0v) is 51.5. The van der Waals surface area contributed by atoms with E-state index in [0.29, 0.717) is 29.5 Å². The van der Waals surface area contributed by atoms with Gasteiger partial charge in [-0.05, 0) is 103 Å². The second kappa shape index (κ2) is 28.7. The van der Waals surface area contributed by atoms with E-state index in [9.17, 15) is 52.1 Å². The van der Waals surface area contributed by atoms with Gasteiger partial charge in [-0.15, -0.1) is 0 Å². The average Bonchev–Trinajstić information content (AvgIpc) is 1.73. The summed E-state index contributed by atoms with van der Waals surface area (Å²) in [5, 5.41) is 23.9. The van der Waals surface area contributed by atoms with Crippen molar-refractivity contribution >= 4 is 96.6 Å². The Hall–Kier alpha value is -9.28. The lowest BCUT2D eigenvalue weighted by Gasteiger charge is -2.39. The van der Waals surface area contributed by atoms with E-state index >= 15 is 0 Å². The van der Waals surface area contributed by atoms with E-state index in [1.54, 1.807) is 24.4 Å². The number of nitrogens with one attached hydrogen (secondary N) is 6. The lowest BCUT2D eigenvalue weighted by molar-refractivity contribution is -0.384. The number of aromatic nitrogens is 2. The van der Waals surface area contributed by atoms with E-state index in [1.165, 1.54) is 53.2 Å². The minimum absolute atomic E-state index is 0.00442. The first kappa shape index (κ1) is 64.7. The van der Waals surface area contributed by atoms with Crippen LogP contribution in [0, 0.1) is 15.5 Å². The number of allylic oxidation sites excluding steroid dienone is 1. The van der Waals surface area contributed by atoms with Gasteiger partial charge in [0.15, 0.2) is 6.61 Å². The Morgan fingerprint density at radius 1 is 0.835 bits per heavy atom. The van der Waals surface area contributed by atoms with Crippen molar-refractivity contribution < 1.29 is 65.9 Å². The SMILES string of the molecule is CC1(C)CCC(CN2CCN(c3ccc(C(=O)NS(=O)(=O)c4ccc(NCCOCCOCCNC(=O)CCNC(=O)COc5cccc6c5C(=O)N(C5CCC(=O)NC5=O)C6=O)c([N+](=O)[O-])c4)c(Oc4cnc5[nH]ccc5c4)c3)CC2)=C(c2ccc(Cl)cc2)C1. The number of benzene rings is 4. The normalized spacial score (nSPS) is 16.8. The summed E-state index contributed by atoms with van der Waals surface area (Å²) < 4.78 is 52.7. The van der Waals surface area contributed by atoms with Crippen LogP contribution in [0.25, 0.3) is 16.6 Å². The van der Waals surface area contributed by atoms with Gasteiger partial charge in [0.1, 0.15) is 34.6 Å². The van der Waals surface area contributed by atoms with Gasteiger partial charge in [-0.1, -0.05) is 49.2 Å². The van der Waals surface area contributed by atoms with Gasteiger partial charge in [-0.25, -0.2) is 18.1 Å². The van der Waals surface area contributed by atoms with Crippen LogP contribution in [0.3, 0.4) is 0 Å². The molecule has 4 aliphatic rings. The number of anilines is 2. The minimum Gasteiger partial charge on any atom is -0.483 e. The van der Waals surface area contributed by atoms with Crippen LogP contribution in [0.4, 0.5) is 17.1 Å². The molecule has 1 aliphatic carbocycles. The van der Waals surface area contributed by atoms with Gasteiger partial charge in [0.25, 0.3) is 39.3 Å². The van der Waals surface area contributed by atoms with Gasteiger partial charge in [0.05, 0.1) is 59.1 Å². The van der Waals surface area contributed by atoms with Crippen molar-refractivity contribution in [2.75, 3.05) is 95.6 Å². The monoisotopic (exact) mass is 1290 g/mol. The number of sulfonamides is 1. The second-order valence-corrected chi connectivity index (χ2v) is 25.1. The number of rotatable bonds is 27. The summed E-state index contributed by atoms with van der Waals surface area (Å²) in [6.45, 7) is 8.53. The summed E-state index contributed by atoms with van der Waals surface area (Å²) in [5.74, 6) is -4.45. The maximum Gasteiger partial charge on any atom is 0.293 e. The number of nitro groups is 1. The molecule has 0 radical (unpaired) electrons. The number of nitro benzene ring substituents is 1. The molecule has 6 N–H and O–H groups in total. The molecule has 4 aromatic carbocycles. The number of piperazine rings is 1. The molecule has 1 unspecified atom stereocenters. The molecule has 5 heterocycles. The van der Waals surface area contributed by atoms with E-state index in [2.05, 4.69) is 71.7 Å². The number of aromatic amines is 1. The number of pyridine rings is 1. The molecule has 3 aliphatic heterocycles. The van der Waals surface area contributed by atoms with Crippen molar-refractivity contribution in [3.05, 3.63) is 146 Å². The molecule has 7 amide bonds. The number of hydrogen-bond acceptors (Lipinski definition) is 19. The minimum atomic E-state index is -4.69. The number of carbonyl (C=O) groups excluding carboxylic acids is 7. The molecule has 26 nitrogen and oxygen atoms in total. The highest BCUT2D eigenvalue weighted by atomic mass is 35.5. The molecule has 1 atom stereocenters. The second-order valence-electron chi connectivity index (χ2n) is 22.9. The van der Waals surface area contributed by atoms with Crippen molar-refractivity contribution in [2.24, 2.45) is 5.41 Å². The highest BCUT2D eigenvalue weighted by Gasteiger charge is 2.46. The van der Waals surface area contributed by atoms with Crippen LogP contribution in [0.15, 0.2) is 114 Å². The van der Waals surface area contributed by atoms with E-state index in [-0.39, 0.29) is 111 Å². The summed E-state index contributed by atoms with van der Waals surface area (Å²) in [4.78, 5) is 113. The summed E-state index contributed by atoms with van der Waals surface area (Å²) in [6, 6.07) is 22.9. The Kier molecular flexibility index (Phi) is 20.4. The number of carbonyl (C=O) groups is 7. The number of amides is 7. The largest absolute Gasteiger partial charge is 0.483 e. The zero-order valence-electron chi connectivity index (χ0n) is 50.0. The molecule has 478 valence electrons. The smallest absolute Gasteiger partial charge is 0.293 e. The number of imide groups is 2. The fourth-order valence-electron chi connectivity index (χ4n) is 11.2. The summed E-state index contributed by atoms with van der Waals surface area (Å²) in [5.41, 5.74) is 4.81. The lowest BCUT2D eigenvalue weighted by Crippen LogP contribution is -2.54. The Morgan fingerprint density at radius 3 is 2.35 bits per heavy atom. The topological polar surface area (TPSA) is 332 Å². The average molecular weight is 1290 g/mol. The van der Waals surface area contributed by atoms with Crippen molar-refractivity contribution in [3.8, 4) is 17.2 Å². The fourth-order valence-corrected chi connectivity index (χ4v) is 12.4. The van der Waals surface area contributed by atoms with Crippen LogP contribution < -0.4 is 40.4 Å². The molecule has 2 saturated heterocycles. The van der Waals surface area contributed by atoms with Gasteiger partial charge in [0.2, 0.25) is 17.7 Å². The highest BCUT2D eigenvalue weighted by molar-refractivity contribution is 7.90. The number of piperidine rings is 1. The van der Waals surface area contributed by atoms with Crippen molar-refractivity contribution in [2.45, 2.75) is 63.3 Å². The van der Waals surface area contributed by atoms with Crippen molar-refractivity contribution in [1.82, 2.24) is 40.4 Å². The van der Waals surface area contributed by atoms with Crippen LogP contribution in [-0.4, -0.2) is 166 Å². The van der Waals surface area contributed by atoms with Crippen molar-refractivity contribution in [3.63, 3.8) is 0 Å².